The van der Waals surface area contributed by atoms with Crippen LogP contribution in [0.1, 0.15) is 5.69 Å². The standard InChI is InChI=1S/C10H14N4OS/c1-14(2)9(15)6-13-7-3-4-12-8(5-7)10(11)16/h3-5H,6H2,1-2H3,(H2,11,16)(H,12,13). The molecule has 0 radical (unpaired) electrons. The van der Waals surface area contributed by atoms with Crippen LogP contribution in [0.5, 0.6) is 0 Å². The molecule has 6 heteroatoms. The summed E-state index contributed by atoms with van der Waals surface area (Å²) in [6, 6.07) is 3.47. The maximum atomic E-state index is 11.3. The second-order valence-electron chi connectivity index (χ2n) is 3.44. The number of hydrogen-bond acceptors (Lipinski definition) is 4. The molecule has 1 aromatic rings. The van der Waals surface area contributed by atoms with E-state index in [9.17, 15) is 4.79 Å². The van der Waals surface area contributed by atoms with Gasteiger partial charge in [0, 0.05) is 26.0 Å². The number of hydrogen-bond donors (Lipinski definition) is 2. The molecule has 0 aliphatic carbocycles. The molecule has 0 fully saturated rings. The van der Waals surface area contributed by atoms with E-state index in [4.69, 9.17) is 18.0 Å². The summed E-state index contributed by atoms with van der Waals surface area (Å²) in [5.74, 6) is -0.00585. The number of thiocarbonyl (C=S) groups is 1. The molecule has 0 aliphatic rings. The number of pyridine rings is 1. The molecule has 0 unspecified atom stereocenters. The van der Waals surface area contributed by atoms with Crippen molar-refractivity contribution in [3.05, 3.63) is 24.0 Å². The molecule has 1 aromatic heterocycles. The van der Waals surface area contributed by atoms with Gasteiger partial charge in [-0.1, -0.05) is 12.2 Å². The number of carbonyl (C=O) groups excluding carboxylic acids is 1. The fourth-order valence-electron chi connectivity index (χ4n) is 1.01. The van der Waals surface area contributed by atoms with Crippen LogP contribution in [0.2, 0.25) is 0 Å². The Kier molecular flexibility index (Phi) is 4.19. The Morgan fingerprint density at radius 3 is 2.88 bits per heavy atom. The van der Waals surface area contributed by atoms with E-state index in [1.165, 1.54) is 4.90 Å². The summed E-state index contributed by atoms with van der Waals surface area (Å²) in [5, 5.41) is 2.97. The maximum Gasteiger partial charge on any atom is 0.241 e. The van der Waals surface area contributed by atoms with Crippen LogP contribution in [0.4, 0.5) is 5.69 Å². The van der Waals surface area contributed by atoms with E-state index in [1.54, 1.807) is 32.4 Å². The minimum absolute atomic E-state index is 0.00585. The summed E-state index contributed by atoms with van der Waals surface area (Å²) in [6.45, 7) is 0.230. The monoisotopic (exact) mass is 238 g/mol. The van der Waals surface area contributed by atoms with E-state index in [-0.39, 0.29) is 17.4 Å². The normalized spacial score (nSPS) is 9.62. The molecular weight excluding hydrogens is 224 g/mol. The molecule has 0 aromatic carbocycles. The summed E-state index contributed by atoms with van der Waals surface area (Å²) >= 11 is 4.81. The van der Waals surface area contributed by atoms with Gasteiger partial charge in [0.15, 0.2) is 0 Å². The van der Waals surface area contributed by atoms with Crippen LogP contribution in [0, 0.1) is 0 Å². The number of nitrogens with two attached hydrogens (primary N) is 1. The first-order valence-electron chi connectivity index (χ1n) is 4.70. The van der Waals surface area contributed by atoms with Gasteiger partial charge in [0.1, 0.15) is 4.99 Å². The fourth-order valence-corrected chi connectivity index (χ4v) is 1.12. The highest BCUT2D eigenvalue weighted by Crippen LogP contribution is 2.07. The number of amides is 1. The molecule has 5 nitrogen and oxygen atoms in total. The van der Waals surface area contributed by atoms with Crippen LogP contribution in [-0.2, 0) is 4.79 Å². The van der Waals surface area contributed by atoms with Crippen LogP contribution in [0.3, 0.4) is 0 Å². The molecule has 0 atom stereocenters. The van der Waals surface area contributed by atoms with Crippen LogP contribution < -0.4 is 11.1 Å². The molecular formula is C10H14N4OS. The zero-order valence-electron chi connectivity index (χ0n) is 9.23. The Balaban J connectivity index is 2.64. The van der Waals surface area contributed by atoms with Gasteiger partial charge in [0.05, 0.1) is 12.2 Å². The molecule has 0 bridgehead atoms. The molecule has 86 valence electrons. The van der Waals surface area contributed by atoms with Crippen LogP contribution >= 0.6 is 12.2 Å². The van der Waals surface area contributed by atoms with Gasteiger partial charge in [-0.2, -0.15) is 0 Å². The number of nitrogens with zero attached hydrogens (tertiary/aromatic N) is 2. The Bertz CT molecular complexity index is 406. The van der Waals surface area contributed by atoms with E-state index in [1.807, 2.05) is 0 Å². The SMILES string of the molecule is CN(C)C(=O)CNc1ccnc(C(N)=S)c1. The van der Waals surface area contributed by atoms with Crippen molar-refractivity contribution >= 4 is 28.8 Å². The van der Waals surface area contributed by atoms with Crippen molar-refractivity contribution in [1.29, 1.82) is 0 Å². The van der Waals surface area contributed by atoms with Gasteiger partial charge < -0.3 is 16.0 Å². The van der Waals surface area contributed by atoms with Crippen molar-refractivity contribution in [3.8, 4) is 0 Å². The van der Waals surface area contributed by atoms with Gasteiger partial charge in [0.25, 0.3) is 0 Å². The van der Waals surface area contributed by atoms with Crippen molar-refractivity contribution in [2.24, 2.45) is 5.73 Å². The molecule has 1 rings (SSSR count). The Morgan fingerprint density at radius 2 is 2.31 bits per heavy atom. The summed E-state index contributed by atoms with van der Waals surface area (Å²) in [4.78, 5) is 17.1. The topological polar surface area (TPSA) is 71.2 Å². The lowest BCUT2D eigenvalue weighted by molar-refractivity contribution is -0.126. The third kappa shape index (κ3) is 3.47. The van der Waals surface area contributed by atoms with Gasteiger partial charge in [-0.3, -0.25) is 9.78 Å². The lowest BCUT2D eigenvalue weighted by atomic mass is 10.3. The quantitative estimate of drug-likeness (QED) is 0.734. The molecule has 16 heavy (non-hydrogen) atoms. The molecule has 0 saturated carbocycles. The van der Waals surface area contributed by atoms with Crippen molar-refractivity contribution in [3.63, 3.8) is 0 Å². The minimum atomic E-state index is -0.00585. The molecule has 1 amide bonds. The van der Waals surface area contributed by atoms with Gasteiger partial charge >= 0.3 is 0 Å². The van der Waals surface area contributed by atoms with Crippen LogP contribution in [-0.4, -0.2) is 41.4 Å². The van der Waals surface area contributed by atoms with Gasteiger partial charge in [-0.05, 0) is 12.1 Å². The molecule has 3 N–H and O–H groups in total. The van der Waals surface area contributed by atoms with E-state index >= 15 is 0 Å². The summed E-state index contributed by atoms with van der Waals surface area (Å²) < 4.78 is 0. The van der Waals surface area contributed by atoms with Crippen LogP contribution in [0.25, 0.3) is 0 Å². The van der Waals surface area contributed by atoms with Gasteiger partial charge in [0.2, 0.25) is 5.91 Å². The van der Waals surface area contributed by atoms with Gasteiger partial charge in [-0.15, -0.1) is 0 Å². The minimum Gasteiger partial charge on any atom is -0.388 e. The lowest BCUT2D eigenvalue weighted by Gasteiger charge is -2.11. The second kappa shape index (κ2) is 5.41. The van der Waals surface area contributed by atoms with Crippen LogP contribution in [0.15, 0.2) is 18.3 Å². The number of nitrogens with one attached hydrogen (secondary N) is 1. The maximum absolute atomic E-state index is 11.3. The Labute approximate surface area is 99.6 Å². The Morgan fingerprint density at radius 1 is 1.62 bits per heavy atom. The number of anilines is 1. The third-order valence-corrected chi connectivity index (χ3v) is 2.16. The van der Waals surface area contributed by atoms with E-state index in [2.05, 4.69) is 10.3 Å². The highest BCUT2D eigenvalue weighted by Gasteiger charge is 2.04. The highest BCUT2D eigenvalue weighted by molar-refractivity contribution is 7.80. The fraction of sp³-hybridized carbons (Fsp3) is 0.300. The van der Waals surface area contributed by atoms with E-state index < -0.39 is 0 Å². The predicted molar refractivity (Wildman–Crippen MR) is 67.3 cm³/mol. The van der Waals surface area contributed by atoms with Crippen molar-refractivity contribution in [2.75, 3.05) is 26.0 Å². The third-order valence-electron chi connectivity index (χ3n) is 1.95. The second-order valence-corrected chi connectivity index (χ2v) is 3.88. The number of aromatic nitrogens is 1. The van der Waals surface area contributed by atoms with E-state index in [0.29, 0.717) is 5.69 Å². The number of likely N-dealkylation sites (N-methyl/N-ethyl adjacent to an activating group) is 1. The number of carbonyl (C=O) groups is 1. The van der Waals surface area contributed by atoms with Crippen molar-refractivity contribution < 1.29 is 4.79 Å². The molecule has 0 aliphatic heterocycles. The largest absolute Gasteiger partial charge is 0.388 e. The first-order valence-corrected chi connectivity index (χ1v) is 5.11. The first-order chi connectivity index (χ1) is 7.50. The predicted octanol–water partition coefficient (Wildman–Crippen LogP) is 0.216. The van der Waals surface area contributed by atoms with Crippen molar-refractivity contribution in [1.82, 2.24) is 9.88 Å². The smallest absolute Gasteiger partial charge is 0.241 e. The van der Waals surface area contributed by atoms with Crippen molar-refractivity contribution in [2.45, 2.75) is 0 Å². The summed E-state index contributed by atoms with van der Waals surface area (Å²) in [7, 11) is 3.41. The molecule has 0 spiro atoms. The summed E-state index contributed by atoms with van der Waals surface area (Å²) in [6.07, 6.45) is 1.59. The zero-order valence-corrected chi connectivity index (χ0v) is 10.0. The molecule has 1 heterocycles. The highest BCUT2D eigenvalue weighted by atomic mass is 32.1. The average molecular weight is 238 g/mol. The average Bonchev–Trinajstić information content (AvgIpc) is 2.26. The summed E-state index contributed by atoms with van der Waals surface area (Å²) in [5.41, 5.74) is 6.76. The van der Waals surface area contributed by atoms with Gasteiger partial charge in [-0.25, -0.2) is 0 Å². The first kappa shape index (κ1) is 12.4. The zero-order chi connectivity index (χ0) is 12.1. The number of rotatable bonds is 4. The lowest BCUT2D eigenvalue weighted by Crippen LogP contribution is -2.28. The van der Waals surface area contributed by atoms with E-state index in [0.717, 1.165) is 5.69 Å². The molecule has 0 saturated heterocycles. The Hall–Kier alpha value is -1.69.